The second kappa shape index (κ2) is 11.6. The molecule has 0 aliphatic heterocycles. The lowest BCUT2D eigenvalue weighted by Gasteiger charge is -2.20. The predicted molar refractivity (Wildman–Crippen MR) is 124 cm³/mol. The highest BCUT2D eigenvalue weighted by atomic mass is 32.1. The molecular weight excluding hydrogens is 430 g/mol. The topological polar surface area (TPSA) is 145 Å². The maximum Gasteiger partial charge on any atom is 0.270 e. The third-order valence-electron chi connectivity index (χ3n) is 4.45. The Kier molecular flexibility index (Phi) is 8.95. The number of aliphatic hydroxyl groups is 1. The van der Waals surface area contributed by atoms with Gasteiger partial charge in [0.15, 0.2) is 5.57 Å². The highest BCUT2D eigenvalue weighted by Gasteiger charge is 2.15. The molecule has 0 aromatic carbocycles. The molecule has 0 fully saturated rings. The molecule has 32 heavy (non-hydrogen) atoms. The van der Waals surface area contributed by atoms with E-state index in [4.69, 9.17) is 6.42 Å². The van der Waals surface area contributed by atoms with Crippen LogP contribution in [0.3, 0.4) is 0 Å². The molecule has 0 spiro atoms. The van der Waals surface area contributed by atoms with E-state index >= 15 is 0 Å². The van der Waals surface area contributed by atoms with Crippen molar-refractivity contribution >= 4 is 40.8 Å². The average Bonchev–Trinajstić information content (AvgIpc) is 3.10. The van der Waals surface area contributed by atoms with Gasteiger partial charge in [-0.3, -0.25) is 14.2 Å². The van der Waals surface area contributed by atoms with Crippen LogP contribution in [0, 0.1) is 29.6 Å². The molecule has 1 amide bonds. The molecule has 0 unspecified atom stereocenters. The van der Waals surface area contributed by atoms with Gasteiger partial charge in [0.25, 0.3) is 11.5 Å². The fourth-order valence-corrected chi connectivity index (χ4v) is 3.75. The number of amides is 1. The quantitative estimate of drug-likeness (QED) is 0.368. The van der Waals surface area contributed by atoms with E-state index in [1.54, 1.807) is 19.2 Å². The minimum atomic E-state index is -0.640. The number of carbonyl (C=O) groups excluding carboxylic acids is 1. The monoisotopic (exact) mass is 455 g/mol. The van der Waals surface area contributed by atoms with Gasteiger partial charge in [-0.15, -0.1) is 17.8 Å². The van der Waals surface area contributed by atoms with E-state index < -0.39 is 5.91 Å². The average molecular weight is 456 g/mol. The highest BCUT2D eigenvalue weighted by Crippen LogP contribution is 2.11. The minimum Gasteiger partial charge on any atom is -0.394 e. The van der Waals surface area contributed by atoms with Crippen molar-refractivity contribution in [3.05, 3.63) is 31.8 Å². The van der Waals surface area contributed by atoms with E-state index in [9.17, 15) is 20.0 Å². The zero-order valence-corrected chi connectivity index (χ0v) is 18.9. The number of carbonyl (C=O) groups is 1. The standard InChI is InChI=1S/C21H25N7O3S/c1-5-8-23-18(30)14(10-22)20-28(6-2)19(31)16(32-20)11-25-21-24-9-7-17(27-21)26-15(12-29)13(3)4/h1,7,9,11,13,15,29H,6,8,12H2,2-4H3,(H,23,30)(H2,24,25,26,27)/t15-/m0/s1. The number of hydrogen-bond acceptors (Lipinski definition) is 9. The summed E-state index contributed by atoms with van der Waals surface area (Å²) in [4.78, 5) is 33.5. The van der Waals surface area contributed by atoms with E-state index in [0.29, 0.717) is 5.82 Å². The number of nitrogens with one attached hydrogen (secondary N) is 3. The van der Waals surface area contributed by atoms with Gasteiger partial charge in [0.05, 0.1) is 19.2 Å². The van der Waals surface area contributed by atoms with Crippen molar-refractivity contribution in [2.75, 3.05) is 23.8 Å². The number of hydrogen-bond donors (Lipinski definition) is 4. The molecule has 0 radical (unpaired) electrons. The number of aromatic nitrogens is 3. The fourth-order valence-electron chi connectivity index (χ4n) is 2.66. The fraction of sp³-hybridized carbons (Fsp3) is 0.381. The second-order valence-corrected chi connectivity index (χ2v) is 7.96. The lowest BCUT2D eigenvalue weighted by atomic mass is 10.1. The molecule has 11 heteroatoms. The van der Waals surface area contributed by atoms with Crippen LogP contribution in [0.25, 0.3) is 11.8 Å². The van der Waals surface area contributed by atoms with E-state index in [-0.39, 0.29) is 57.9 Å². The van der Waals surface area contributed by atoms with Crippen LogP contribution in [0.15, 0.2) is 17.1 Å². The van der Waals surface area contributed by atoms with Crippen LogP contribution in [0.2, 0.25) is 0 Å². The van der Waals surface area contributed by atoms with E-state index in [1.165, 1.54) is 10.8 Å². The SMILES string of the molecule is C#CCNC(=O)C(C#N)=c1sc(=CNc2nccc(N[C@@H](CO)C(C)C)n2)c(=O)n1CC. The van der Waals surface area contributed by atoms with Gasteiger partial charge in [-0.1, -0.05) is 19.8 Å². The van der Waals surface area contributed by atoms with Crippen LogP contribution in [-0.2, 0) is 11.3 Å². The van der Waals surface area contributed by atoms with E-state index in [1.807, 2.05) is 19.9 Å². The Morgan fingerprint density at radius 2 is 2.22 bits per heavy atom. The number of rotatable bonds is 9. The summed E-state index contributed by atoms with van der Waals surface area (Å²) in [6, 6.07) is 3.36. The lowest BCUT2D eigenvalue weighted by Crippen LogP contribution is -2.34. The van der Waals surface area contributed by atoms with Gasteiger partial charge in [-0.2, -0.15) is 10.2 Å². The zero-order chi connectivity index (χ0) is 23.7. The van der Waals surface area contributed by atoms with Crippen LogP contribution >= 0.6 is 11.3 Å². The smallest absolute Gasteiger partial charge is 0.270 e. The maximum atomic E-state index is 12.8. The van der Waals surface area contributed by atoms with Gasteiger partial charge in [0.2, 0.25) is 5.95 Å². The highest BCUT2D eigenvalue weighted by molar-refractivity contribution is 7.07. The maximum absolute atomic E-state index is 12.8. The Balaban J connectivity index is 2.41. The van der Waals surface area contributed by atoms with Crippen LogP contribution in [0.1, 0.15) is 20.8 Å². The molecule has 0 saturated heterocycles. The Morgan fingerprint density at radius 3 is 2.81 bits per heavy atom. The Bertz CT molecular complexity index is 1220. The van der Waals surface area contributed by atoms with Gasteiger partial charge in [-0.05, 0) is 18.9 Å². The number of thiazole rings is 1. The molecule has 2 heterocycles. The van der Waals surface area contributed by atoms with Gasteiger partial charge in [-0.25, -0.2) is 4.98 Å². The van der Waals surface area contributed by atoms with Crippen LogP contribution in [0.4, 0.5) is 11.8 Å². The molecular formula is C21H25N7O3S. The summed E-state index contributed by atoms with van der Waals surface area (Å²) in [6.45, 7) is 5.91. The third-order valence-corrected chi connectivity index (χ3v) is 5.58. The number of anilines is 2. The van der Waals surface area contributed by atoms with Gasteiger partial charge in [0.1, 0.15) is 21.1 Å². The Labute approximate surface area is 189 Å². The number of aliphatic hydroxyl groups excluding tert-OH is 1. The minimum absolute atomic E-state index is 0.0258. The van der Waals surface area contributed by atoms with Gasteiger partial charge in [0, 0.05) is 18.9 Å². The van der Waals surface area contributed by atoms with Gasteiger partial charge < -0.3 is 21.1 Å². The molecule has 168 valence electrons. The normalized spacial score (nSPS) is 13.2. The first-order valence-corrected chi connectivity index (χ1v) is 10.7. The second-order valence-electron chi connectivity index (χ2n) is 6.93. The van der Waals surface area contributed by atoms with E-state index in [0.717, 1.165) is 11.3 Å². The Hall–Kier alpha value is -3.67. The van der Waals surface area contributed by atoms with Gasteiger partial charge >= 0.3 is 0 Å². The first-order chi connectivity index (χ1) is 15.4. The molecule has 2 aromatic heterocycles. The first-order valence-electron chi connectivity index (χ1n) is 9.89. The van der Waals surface area contributed by atoms with Crippen molar-refractivity contribution in [1.29, 1.82) is 5.26 Å². The predicted octanol–water partition coefficient (Wildman–Crippen LogP) is -0.578. The molecule has 4 N–H and O–H groups in total. The Morgan fingerprint density at radius 1 is 1.47 bits per heavy atom. The lowest BCUT2D eigenvalue weighted by molar-refractivity contribution is -0.115. The van der Waals surface area contributed by atoms with Crippen molar-refractivity contribution in [2.24, 2.45) is 5.92 Å². The molecule has 0 saturated carbocycles. The number of nitriles is 1. The molecule has 0 bridgehead atoms. The molecule has 1 atom stereocenters. The van der Waals surface area contributed by atoms with Crippen LogP contribution < -0.4 is 30.7 Å². The summed E-state index contributed by atoms with van der Waals surface area (Å²) < 4.78 is 1.86. The zero-order valence-electron chi connectivity index (χ0n) is 18.0. The number of nitrogens with zero attached hydrogens (tertiary/aromatic N) is 4. The van der Waals surface area contributed by atoms with E-state index in [2.05, 4.69) is 31.8 Å². The largest absolute Gasteiger partial charge is 0.394 e. The van der Waals surface area contributed by atoms with Crippen molar-refractivity contribution in [3.63, 3.8) is 0 Å². The van der Waals surface area contributed by atoms with Crippen molar-refractivity contribution in [3.8, 4) is 18.4 Å². The molecule has 2 rings (SSSR count). The molecule has 0 aliphatic carbocycles. The van der Waals surface area contributed by atoms with Crippen LogP contribution in [0.5, 0.6) is 0 Å². The number of terminal acetylenes is 1. The van der Waals surface area contributed by atoms with Crippen molar-refractivity contribution in [1.82, 2.24) is 19.9 Å². The summed E-state index contributed by atoms with van der Waals surface area (Å²) in [5.41, 5.74) is -0.540. The summed E-state index contributed by atoms with van der Waals surface area (Å²) in [5.74, 6) is 2.58. The van der Waals surface area contributed by atoms with Crippen molar-refractivity contribution in [2.45, 2.75) is 33.4 Å². The summed E-state index contributed by atoms with van der Waals surface area (Å²) >= 11 is 1.00. The summed E-state index contributed by atoms with van der Waals surface area (Å²) in [7, 11) is 0. The molecule has 0 aliphatic rings. The summed E-state index contributed by atoms with van der Waals surface area (Å²) in [6.07, 6.45) is 8.12. The van der Waals surface area contributed by atoms with Crippen molar-refractivity contribution < 1.29 is 9.90 Å². The molecule has 2 aromatic rings. The first kappa shape index (κ1) is 24.6. The molecule has 10 nitrogen and oxygen atoms in total. The third kappa shape index (κ3) is 5.94. The summed E-state index contributed by atoms with van der Waals surface area (Å²) in [5, 5.41) is 27.4. The van der Waals surface area contributed by atoms with Crippen LogP contribution in [-0.4, -0.2) is 44.7 Å².